The van der Waals surface area contributed by atoms with Crippen molar-refractivity contribution in [3.05, 3.63) is 17.7 Å². The Bertz CT molecular complexity index is 591. The van der Waals surface area contributed by atoms with E-state index in [1.807, 2.05) is 12.1 Å². The van der Waals surface area contributed by atoms with Gasteiger partial charge in [-0.05, 0) is 25.5 Å². The van der Waals surface area contributed by atoms with Gasteiger partial charge in [0, 0.05) is 44.1 Å². The van der Waals surface area contributed by atoms with E-state index in [1.54, 1.807) is 14.0 Å². The van der Waals surface area contributed by atoms with Crippen LogP contribution in [0.25, 0.3) is 0 Å². The molecule has 6 heteroatoms. The van der Waals surface area contributed by atoms with Gasteiger partial charge >= 0.3 is 0 Å². The maximum Gasteiger partial charge on any atom is 0.217 e. The topological polar surface area (TPSA) is 60.0 Å². The fourth-order valence-electron chi connectivity index (χ4n) is 3.39. The molecule has 1 unspecified atom stereocenters. The molecule has 1 N–H and O–H groups in total. The van der Waals surface area contributed by atoms with Crippen molar-refractivity contribution in [2.45, 2.75) is 38.8 Å². The van der Waals surface area contributed by atoms with Crippen LogP contribution in [0.1, 0.15) is 31.7 Å². The molecule has 6 nitrogen and oxygen atoms in total. The van der Waals surface area contributed by atoms with Gasteiger partial charge < -0.3 is 19.5 Å². The highest BCUT2D eigenvalue weighted by atomic mass is 16.5. The molecule has 1 fully saturated rings. The molecule has 1 saturated heterocycles. The summed E-state index contributed by atoms with van der Waals surface area (Å²) < 4.78 is 17.1. The lowest BCUT2D eigenvalue weighted by Crippen LogP contribution is -2.46. The molecule has 132 valence electrons. The fraction of sp³-hybridized carbons (Fsp3) is 0.611. The van der Waals surface area contributed by atoms with Crippen molar-refractivity contribution >= 4 is 5.91 Å². The molecule has 0 saturated carbocycles. The number of rotatable bonds is 4. The van der Waals surface area contributed by atoms with Crippen molar-refractivity contribution in [3.8, 4) is 17.2 Å². The summed E-state index contributed by atoms with van der Waals surface area (Å²) in [6.45, 7) is 5.57. The maximum atomic E-state index is 11.3. The molecular weight excluding hydrogens is 308 g/mol. The first-order chi connectivity index (χ1) is 11.7. The van der Waals surface area contributed by atoms with Crippen molar-refractivity contribution in [1.82, 2.24) is 10.2 Å². The highest BCUT2D eigenvalue weighted by Gasteiger charge is 2.23. The van der Waals surface area contributed by atoms with Crippen LogP contribution in [-0.4, -0.2) is 50.3 Å². The minimum atomic E-state index is 0.0370. The molecule has 2 aliphatic rings. The number of amides is 1. The normalized spacial score (nSPS) is 21.0. The second kappa shape index (κ2) is 7.75. The monoisotopic (exact) mass is 334 g/mol. The van der Waals surface area contributed by atoms with Gasteiger partial charge in [0.05, 0.1) is 20.3 Å². The lowest BCUT2D eigenvalue weighted by atomic mass is 10.0. The molecule has 0 aliphatic carbocycles. The van der Waals surface area contributed by atoms with Gasteiger partial charge in [0.1, 0.15) is 5.75 Å². The van der Waals surface area contributed by atoms with Crippen molar-refractivity contribution in [2.75, 3.05) is 33.4 Å². The number of nitrogens with one attached hydrogen (secondary N) is 1. The minimum absolute atomic E-state index is 0.0370. The van der Waals surface area contributed by atoms with Crippen molar-refractivity contribution < 1.29 is 19.0 Å². The lowest BCUT2D eigenvalue weighted by Gasteiger charge is -2.33. The Hall–Kier alpha value is -1.95. The number of carbonyl (C=O) groups is 1. The predicted octanol–water partition coefficient (Wildman–Crippen LogP) is 1.96. The van der Waals surface area contributed by atoms with E-state index in [0.29, 0.717) is 13.2 Å². The molecule has 0 radical (unpaired) electrons. The molecule has 2 heterocycles. The molecule has 1 atom stereocenters. The Kier molecular flexibility index (Phi) is 5.45. The van der Waals surface area contributed by atoms with Gasteiger partial charge in [-0.25, -0.2) is 0 Å². The quantitative estimate of drug-likeness (QED) is 0.912. The zero-order valence-electron chi connectivity index (χ0n) is 14.5. The zero-order chi connectivity index (χ0) is 16.9. The third-order valence-electron chi connectivity index (χ3n) is 4.46. The molecular formula is C18H26N2O4. The first kappa shape index (κ1) is 16.9. The summed E-state index contributed by atoms with van der Waals surface area (Å²) in [6.07, 6.45) is 3.00. The molecule has 1 amide bonds. The molecule has 1 aromatic rings. The predicted molar refractivity (Wildman–Crippen MR) is 90.7 cm³/mol. The third-order valence-corrected chi connectivity index (χ3v) is 4.46. The molecule has 0 bridgehead atoms. The second-order valence-corrected chi connectivity index (χ2v) is 6.44. The first-order valence-electron chi connectivity index (χ1n) is 8.61. The molecule has 0 spiro atoms. The largest absolute Gasteiger partial charge is 0.496 e. The van der Waals surface area contributed by atoms with E-state index in [9.17, 15) is 4.79 Å². The molecule has 1 aromatic carbocycles. The number of carbonyl (C=O) groups excluding carboxylic acids is 1. The van der Waals surface area contributed by atoms with E-state index >= 15 is 0 Å². The van der Waals surface area contributed by atoms with Gasteiger partial charge in [-0.15, -0.1) is 0 Å². The SMILES string of the molecule is COc1cc2c(cc1CN1CCCC(NC(C)=O)C1)OCCCO2. The van der Waals surface area contributed by atoms with Gasteiger partial charge in [-0.3, -0.25) is 9.69 Å². The molecule has 3 rings (SSSR count). The number of benzene rings is 1. The summed E-state index contributed by atoms with van der Waals surface area (Å²) in [7, 11) is 1.68. The average molecular weight is 334 g/mol. The zero-order valence-corrected chi connectivity index (χ0v) is 14.5. The Labute approximate surface area is 143 Å². The number of hydrogen-bond donors (Lipinski definition) is 1. The van der Waals surface area contributed by atoms with Crippen molar-refractivity contribution in [2.24, 2.45) is 0 Å². The first-order valence-corrected chi connectivity index (χ1v) is 8.61. The Morgan fingerprint density at radius 3 is 2.75 bits per heavy atom. The fourth-order valence-corrected chi connectivity index (χ4v) is 3.39. The third kappa shape index (κ3) is 4.12. The van der Waals surface area contributed by atoms with Crippen LogP contribution in [0.2, 0.25) is 0 Å². The van der Waals surface area contributed by atoms with E-state index in [4.69, 9.17) is 14.2 Å². The van der Waals surface area contributed by atoms with E-state index < -0.39 is 0 Å². The maximum absolute atomic E-state index is 11.3. The van der Waals surface area contributed by atoms with Crippen LogP contribution < -0.4 is 19.5 Å². The Morgan fingerprint density at radius 1 is 1.29 bits per heavy atom. The van der Waals surface area contributed by atoms with E-state index in [-0.39, 0.29) is 11.9 Å². The summed E-state index contributed by atoms with van der Waals surface area (Å²) in [4.78, 5) is 13.6. The molecule has 2 aliphatic heterocycles. The van der Waals surface area contributed by atoms with Crippen molar-refractivity contribution in [1.29, 1.82) is 0 Å². The highest BCUT2D eigenvalue weighted by molar-refractivity contribution is 5.73. The number of likely N-dealkylation sites (tertiary alicyclic amines) is 1. The van der Waals surface area contributed by atoms with Crippen LogP contribution in [0, 0.1) is 0 Å². The summed E-state index contributed by atoms with van der Waals surface area (Å²) in [5.41, 5.74) is 1.09. The number of hydrogen-bond acceptors (Lipinski definition) is 5. The molecule has 24 heavy (non-hydrogen) atoms. The number of piperidine rings is 1. The number of ether oxygens (including phenoxy) is 3. The van der Waals surface area contributed by atoms with Gasteiger partial charge in [-0.1, -0.05) is 0 Å². The lowest BCUT2D eigenvalue weighted by molar-refractivity contribution is -0.120. The van der Waals surface area contributed by atoms with Crippen LogP contribution in [0.15, 0.2) is 12.1 Å². The average Bonchev–Trinajstić information content (AvgIpc) is 2.78. The van der Waals surface area contributed by atoms with Crippen LogP contribution in [0.5, 0.6) is 17.2 Å². The Morgan fingerprint density at radius 2 is 2.04 bits per heavy atom. The summed E-state index contributed by atoms with van der Waals surface area (Å²) in [5.74, 6) is 2.40. The van der Waals surface area contributed by atoms with E-state index in [0.717, 1.165) is 61.7 Å². The summed E-state index contributed by atoms with van der Waals surface area (Å²) >= 11 is 0. The van der Waals surface area contributed by atoms with Crippen LogP contribution in [-0.2, 0) is 11.3 Å². The Balaban J connectivity index is 1.74. The van der Waals surface area contributed by atoms with Crippen LogP contribution in [0.3, 0.4) is 0 Å². The number of fused-ring (bicyclic) bond motifs is 1. The highest BCUT2D eigenvalue weighted by Crippen LogP contribution is 2.37. The molecule has 0 aromatic heterocycles. The van der Waals surface area contributed by atoms with Crippen LogP contribution >= 0.6 is 0 Å². The number of methoxy groups -OCH3 is 1. The van der Waals surface area contributed by atoms with E-state index in [2.05, 4.69) is 10.2 Å². The van der Waals surface area contributed by atoms with Gasteiger partial charge in [0.25, 0.3) is 0 Å². The smallest absolute Gasteiger partial charge is 0.217 e. The van der Waals surface area contributed by atoms with Gasteiger partial charge in [0.2, 0.25) is 5.91 Å². The minimum Gasteiger partial charge on any atom is -0.496 e. The number of nitrogens with zero attached hydrogens (tertiary/aromatic N) is 1. The summed E-state index contributed by atoms with van der Waals surface area (Å²) in [5, 5.41) is 3.03. The summed E-state index contributed by atoms with van der Waals surface area (Å²) in [6, 6.07) is 4.18. The van der Waals surface area contributed by atoms with Crippen LogP contribution in [0.4, 0.5) is 0 Å². The second-order valence-electron chi connectivity index (χ2n) is 6.44. The van der Waals surface area contributed by atoms with Gasteiger partial charge in [-0.2, -0.15) is 0 Å². The van der Waals surface area contributed by atoms with Crippen molar-refractivity contribution in [3.63, 3.8) is 0 Å². The van der Waals surface area contributed by atoms with E-state index in [1.165, 1.54) is 0 Å². The standard InChI is InChI=1S/C18H26N2O4/c1-13(21)19-15-5-3-6-20(12-15)11-14-9-17-18(10-16(14)22-2)24-8-4-7-23-17/h9-10,15H,3-8,11-12H2,1-2H3,(H,19,21). The van der Waals surface area contributed by atoms with Gasteiger partial charge in [0.15, 0.2) is 11.5 Å².